The average Bonchev–Trinajstić information content (AvgIpc) is 2.25. The Balaban J connectivity index is 1.85. The van der Waals surface area contributed by atoms with Crippen LogP contribution in [0.25, 0.3) is 0 Å². The van der Waals surface area contributed by atoms with Crippen LogP contribution in [0.5, 0.6) is 0 Å². The summed E-state index contributed by atoms with van der Waals surface area (Å²) < 4.78 is 0. The van der Waals surface area contributed by atoms with Crippen LogP contribution in [0, 0.1) is 0 Å². The van der Waals surface area contributed by atoms with Crippen LogP contribution in [0.15, 0.2) is 12.7 Å². The molecule has 1 heterocycles. The van der Waals surface area contributed by atoms with E-state index in [1.54, 1.807) is 0 Å². The highest BCUT2D eigenvalue weighted by Crippen LogP contribution is 2.08. The van der Waals surface area contributed by atoms with Gasteiger partial charge in [0.15, 0.2) is 0 Å². The van der Waals surface area contributed by atoms with E-state index in [0.717, 1.165) is 19.5 Å². The molecule has 14 heavy (non-hydrogen) atoms. The van der Waals surface area contributed by atoms with Gasteiger partial charge in [0.05, 0.1) is 0 Å². The lowest BCUT2D eigenvalue weighted by Gasteiger charge is -2.26. The Kier molecular flexibility index (Phi) is 6.71. The molecule has 1 saturated heterocycles. The fraction of sp³-hybridized carbons (Fsp3) is 0.833. The molecule has 0 amide bonds. The third kappa shape index (κ3) is 5.40. The second-order valence-corrected chi connectivity index (χ2v) is 4.08. The summed E-state index contributed by atoms with van der Waals surface area (Å²) in [7, 11) is 0. The Bertz CT molecular complexity index is 139. The number of likely N-dealkylation sites (tertiary alicyclic amines) is 1. The predicted octanol–water partition coefficient (Wildman–Crippen LogP) is 2.03. The molecule has 1 aliphatic heterocycles. The summed E-state index contributed by atoms with van der Waals surface area (Å²) in [4.78, 5) is 2.60. The maximum absolute atomic E-state index is 3.70. The molecule has 0 saturated carbocycles. The Labute approximate surface area is 88.4 Å². The third-order valence-electron chi connectivity index (χ3n) is 2.80. The molecular weight excluding hydrogens is 172 g/mol. The van der Waals surface area contributed by atoms with Crippen molar-refractivity contribution in [2.45, 2.75) is 32.1 Å². The first-order valence-electron chi connectivity index (χ1n) is 5.97. The maximum Gasteiger partial charge on any atom is -0.000664 e. The van der Waals surface area contributed by atoms with E-state index in [4.69, 9.17) is 0 Å². The maximum atomic E-state index is 3.70. The first kappa shape index (κ1) is 11.7. The highest BCUT2D eigenvalue weighted by Gasteiger charge is 2.08. The van der Waals surface area contributed by atoms with E-state index >= 15 is 0 Å². The van der Waals surface area contributed by atoms with Crippen molar-refractivity contribution in [3.8, 4) is 0 Å². The minimum absolute atomic E-state index is 1.09. The standard InChI is InChI=1S/C12H24N2/c1-2-3-8-13-9-7-12-14-10-5-4-6-11-14/h2,13H,1,3-12H2. The molecule has 0 bridgehead atoms. The quantitative estimate of drug-likeness (QED) is 0.495. The summed E-state index contributed by atoms with van der Waals surface area (Å²) >= 11 is 0. The molecule has 0 aromatic carbocycles. The second kappa shape index (κ2) is 8.01. The molecule has 0 aromatic rings. The van der Waals surface area contributed by atoms with Crippen LogP contribution in [0.4, 0.5) is 0 Å². The van der Waals surface area contributed by atoms with E-state index in [0.29, 0.717) is 0 Å². The fourth-order valence-corrected chi connectivity index (χ4v) is 1.94. The fourth-order valence-electron chi connectivity index (χ4n) is 1.94. The summed E-state index contributed by atoms with van der Waals surface area (Å²) in [6, 6.07) is 0. The van der Waals surface area contributed by atoms with Crippen LogP contribution < -0.4 is 5.32 Å². The number of piperidine rings is 1. The molecule has 0 radical (unpaired) electrons. The van der Waals surface area contributed by atoms with E-state index < -0.39 is 0 Å². The van der Waals surface area contributed by atoms with Crippen LogP contribution in [0.1, 0.15) is 32.1 Å². The van der Waals surface area contributed by atoms with Gasteiger partial charge in [0, 0.05) is 0 Å². The number of rotatable bonds is 7. The van der Waals surface area contributed by atoms with E-state index in [9.17, 15) is 0 Å². The Hall–Kier alpha value is -0.340. The van der Waals surface area contributed by atoms with Gasteiger partial charge in [-0.1, -0.05) is 12.5 Å². The molecule has 2 heteroatoms. The minimum atomic E-state index is 1.09. The van der Waals surface area contributed by atoms with Crippen molar-refractivity contribution >= 4 is 0 Å². The van der Waals surface area contributed by atoms with Gasteiger partial charge in [-0.25, -0.2) is 0 Å². The van der Waals surface area contributed by atoms with Crippen LogP contribution in [-0.4, -0.2) is 37.6 Å². The molecule has 1 fully saturated rings. The summed E-state index contributed by atoms with van der Waals surface area (Å²) in [5.41, 5.74) is 0. The van der Waals surface area contributed by atoms with Crippen molar-refractivity contribution < 1.29 is 0 Å². The molecule has 0 aliphatic carbocycles. The van der Waals surface area contributed by atoms with Crippen molar-refractivity contribution in [1.82, 2.24) is 10.2 Å². The van der Waals surface area contributed by atoms with Crippen LogP contribution in [-0.2, 0) is 0 Å². The van der Waals surface area contributed by atoms with Gasteiger partial charge in [0.25, 0.3) is 0 Å². The van der Waals surface area contributed by atoms with Crippen LogP contribution >= 0.6 is 0 Å². The Morgan fingerprint density at radius 1 is 1.14 bits per heavy atom. The molecule has 1 rings (SSSR count). The van der Waals surface area contributed by atoms with Crippen LogP contribution in [0.3, 0.4) is 0 Å². The summed E-state index contributed by atoms with van der Waals surface area (Å²) in [5.74, 6) is 0. The molecule has 2 nitrogen and oxygen atoms in total. The zero-order valence-electron chi connectivity index (χ0n) is 9.30. The Morgan fingerprint density at radius 3 is 2.64 bits per heavy atom. The molecular formula is C12H24N2. The number of hydrogen-bond donors (Lipinski definition) is 1. The van der Waals surface area contributed by atoms with E-state index in [-0.39, 0.29) is 0 Å². The van der Waals surface area contributed by atoms with E-state index in [2.05, 4.69) is 16.8 Å². The lowest BCUT2D eigenvalue weighted by Crippen LogP contribution is -2.32. The van der Waals surface area contributed by atoms with Gasteiger partial charge in [0.1, 0.15) is 0 Å². The predicted molar refractivity (Wildman–Crippen MR) is 62.6 cm³/mol. The lowest BCUT2D eigenvalue weighted by atomic mass is 10.1. The topological polar surface area (TPSA) is 15.3 Å². The summed E-state index contributed by atoms with van der Waals surface area (Å²) in [5, 5.41) is 3.43. The van der Waals surface area contributed by atoms with Gasteiger partial charge in [-0.2, -0.15) is 0 Å². The van der Waals surface area contributed by atoms with Gasteiger partial charge in [0.2, 0.25) is 0 Å². The van der Waals surface area contributed by atoms with Crippen LogP contribution in [0.2, 0.25) is 0 Å². The normalized spacial score (nSPS) is 18.3. The SMILES string of the molecule is C=CCCNCCCN1CCCCC1. The van der Waals surface area contributed by atoms with E-state index in [1.165, 1.54) is 45.3 Å². The number of hydrogen-bond acceptors (Lipinski definition) is 2. The molecule has 82 valence electrons. The van der Waals surface area contributed by atoms with Gasteiger partial charge < -0.3 is 10.2 Å². The lowest BCUT2D eigenvalue weighted by molar-refractivity contribution is 0.226. The van der Waals surface area contributed by atoms with Crippen molar-refractivity contribution in [3.05, 3.63) is 12.7 Å². The van der Waals surface area contributed by atoms with Gasteiger partial charge >= 0.3 is 0 Å². The number of nitrogens with one attached hydrogen (secondary N) is 1. The van der Waals surface area contributed by atoms with Gasteiger partial charge in [-0.05, 0) is 58.4 Å². The van der Waals surface area contributed by atoms with Crippen molar-refractivity contribution in [2.24, 2.45) is 0 Å². The summed E-state index contributed by atoms with van der Waals surface area (Å²) in [6.07, 6.45) is 8.60. The monoisotopic (exact) mass is 196 g/mol. The largest absolute Gasteiger partial charge is 0.316 e. The van der Waals surface area contributed by atoms with Gasteiger partial charge in [-0.15, -0.1) is 6.58 Å². The van der Waals surface area contributed by atoms with Crippen molar-refractivity contribution in [2.75, 3.05) is 32.7 Å². The third-order valence-corrected chi connectivity index (χ3v) is 2.80. The highest BCUT2D eigenvalue weighted by molar-refractivity contribution is 4.68. The van der Waals surface area contributed by atoms with Gasteiger partial charge in [-0.3, -0.25) is 0 Å². The molecule has 1 aliphatic rings. The van der Waals surface area contributed by atoms with E-state index in [1.807, 2.05) is 6.08 Å². The summed E-state index contributed by atoms with van der Waals surface area (Å²) in [6.45, 7) is 9.88. The minimum Gasteiger partial charge on any atom is -0.316 e. The van der Waals surface area contributed by atoms with Crippen molar-refractivity contribution in [3.63, 3.8) is 0 Å². The first-order chi connectivity index (χ1) is 6.93. The second-order valence-electron chi connectivity index (χ2n) is 4.08. The first-order valence-corrected chi connectivity index (χ1v) is 5.97. The zero-order valence-corrected chi connectivity index (χ0v) is 9.30. The van der Waals surface area contributed by atoms with Crippen molar-refractivity contribution in [1.29, 1.82) is 0 Å². The molecule has 0 atom stereocenters. The smallest absolute Gasteiger partial charge is 0.000664 e. The molecule has 0 aromatic heterocycles. The Morgan fingerprint density at radius 2 is 1.93 bits per heavy atom. The number of nitrogens with zero attached hydrogens (tertiary/aromatic N) is 1. The average molecular weight is 196 g/mol. The highest BCUT2D eigenvalue weighted by atomic mass is 15.1. The zero-order chi connectivity index (χ0) is 10.1. The molecule has 1 N–H and O–H groups in total. The molecule has 0 unspecified atom stereocenters. The molecule has 0 spiro atoms.